The van der Waals surface area contributed by atoms with Crippen molar-refractivity contribution in [1.82, 2.24) is 0 Å². The third kappa shape index (κ3) is 1.61. The van der Waals surface area contributed by atoms with Gasteiger partial charge in [0.05, 0.1) is 4.47 Å². The van der Waals surface area contributed by atoms with Crippen molar-refractivity contribution in [3.05, 3.63) is 26.7 Å². The number of carbonyl (C=O) groups is 1. The van der Waals surface area contributed by atoms with Crippen LogP contribution in [0.3, 0.4) is 0 Å². The van der Waals surface area contributed by atoms with E-state index in [1.807, 2.05) is 0 Å². The number of carboxylic acids is 1. The van der Waals surface area contributed by atoms with Crippen molar-refractivity contribution in [2.75, 3.05) is 0 Å². The average Bonchev–Trinajstić information content (AvgIpc) is 2.26. The summed E-state index contributed by atoms with van der Waals surface area (Å²) in [5.41, 5.74) is 2.91. The minimum absolute atomic E-state index is 0.0347. The molecule has 2 N–H and O–H groups in total. The van der Waals surface area contributed by atoms with E-state index < -0.39 is 5.97 Å². The molecule has 0 fully saturated rings. The van der Waals surface area contributed by atoms with Gasteiger partial charge in [0.25, 0.3) is 0 Å². The molecule has 0 bridgehead atoms. The van der Waals surface area contributed by atoms with Crippen molar-refractivity contribution >= 4 is 21.9 Å². The summed E-state index contributed by atoms with van der Waals surface area (Å²) in [5, 5.41) is 19.0. The first-order valence-corrected chi connectivity index (χ1v) is 6.09. The van der Waals surface area contributed by atoms with E-state index in [1.54, 1.807) is 6.92 Å². The highest BCUT2D eigenvalue weighted by molar-refractivity contribution is 9.10. The van der Waals surface area contributed by atoms with Crippen LogP contribution in [0.1, 0.15) is 39.9 Å². The van der Waals surface area contributed by atoms with Crippen LogP contribution < -0.4 is 0 Å². The highest BCUT2D eigenvalue weighted by Gasteiger charge is 2.25. The van der Waals surface area contributed by atoms with Crippen LogP contribution in [0.15, 0.2) is 4.47 Å². The Morgan fingerprint density at radius 1 is 1.25 bits per heavy atom. The Morgan fingerprint density at radius 2 is 1.81 bits per heavy atom. The van der Waals surface area contributed by atoms with E-state index in [9.17, 15) is 9.90 Å². The summed E-state index contributed by atoms with van der Waals surface area (Å²) >= 11 is 3.31. The van der Waals surface area contributed by atoms with Crippen molar-refractivity contribution < 1.29 is 15.0 Å². The zero-order chi connectivity index (χ0) is 11.9. The number of aromatic hydroxyl groups is 1. The molecule has 0 atom stereocenters. The van der Waals surface area contributed by atoms with Crippen LogP contribution in [0, 0.1) is 6.92 Å². The topological polar surface area (TPSA) is 57.5 Å². The molecule has 0 aromatic heterocycles. The summed E-state index contributed by atoms with van der Waals surface area (Å²) in [6, 6.07) is 0. The summed E-state index contributed by atoms with van der Waals surface area (Å²) in [6.45, 7) is 1.78. The second-order valence-electron chi connectivity index (χ2n) is 4.13. The lowest BCUT2D eigenvalue weighted by Gasteiger charge is -2.22. The standard InChI is InChI=1S/C12H13BrO3/c1-6-7-4-2-3-5-8(7)10(13)11(14)9(6)12(15)16/h14H,2-5H2,1H3,(H,15,16). The third-order valence-electron chi connectivity index (χ3n) is 3.22. The minimum atomic E-state index is -1.07. The SMILES string of the molecule is Cc1c2c(c(Br)c(O)c1C(=O)O)CCCC2. The predicted octanol–water partition coefficient (Wildman–Crippen LogP) is 3.04. The van der Waals surface area contributed by atoms with E-state index in [-0.39, 0.29) is 11.3 Å². The number of halogens is 1. The number of hydrogen-bond donors (Lipinski definition) is 2. The highest BCUT2D eigenvalue weighted by atomic mass is 79.9. The van der Waals surface area contributed by atoms with Gasteiger partial charge in [-0.3, -0.25) is 0 Å². The Kier molecular flexibility index (Phi) is 2.93. The van der Waals surface area contributed by atoms with E-state index in [1.165, 1.54) is 0 Å². The largest absolute Gasteiger partial charge is 0.506 e. The Bertz CT molecular complexity index is 466. The lowest BCUT2D eigenvalue weighted by molar-refractivity contribution is 0.0692. The van der Waals surface area contributed by atoms with Crippen molar-refractivity contribution in [2.24, 2.45) is 0 Å². The Morgan fingerprint density at radius 3 is 2.38 bits per heavy atom. The number of aromatic carboxylic acids is 1. The van der Waals surface area contributed by atoms with Gasteiger partial charge in [-0.1, -0.05) is 0 Å². The summed E-state index contributed by atoms with van der Waals surface area (Å²) in [6.07, 6.45) is 3.99. The number of rotatable bonds is 1. The third-order valence-corrected chi connectivity index (χ3v) is 4.07. The number of benzene rings is 1. The molecule has 0 aliphatic heterocycles. The van der Waals surface area contributed by atoms with Gasteiger partial charge in [-0.2, -0.15) is 0 Å². The van der Waals surface area contributed by atoms with Gasteiger partial charge in [-0.25, -0.2) is 4.79 Å². The monoisotopic (exact) mass is 284 g/mol. The second-order valence-corrected chi connectivity index (χ2v) is 4.92. The quantitative estimate of drug-likeness (QED) is 0.833. The normalized spacial score (nSPS) is 14.6. The summed E-state index contributed by atoms with van der Waals surface area (Å²) in [7, 11) is 0. The maximum Gasteiger partial charge on any atom is 0.339 e. The van der Waals surface area contributed by atoms with Crippen molar-refractivity contribution in [1.29, 1.82) is 0 Å². The number of carboxylic acid groups (broad SMARTS) is 1. The average molecular weight is 285 g/mol. The van der Waals surface area contributed by atoms with E-state index >= 15 is 0 Å². The molecular formula is C12H13BrO3. The highest BCUT2D eigenvalue weighted by Crippen LogP contribution is 2.40. The Hall–Kier alpha value is -1.03. The molecule has 1 aliphatic rings. The molecule has 1 aromatic carbocycles. The fourth-order valence-electron chi connectivity index (χ4n) is 2.40. The van der Waals surface area contributed by atoms with Crippen LogP contribution in [0.2, 0.25) is 0 Å². The lowest BCUT2D eigenvalue weighted by atomic mass is 9.86. The minimum Gasteiger partial charge on any atom is -0.506 e. The smallest absolute Gasteiger partial charge is 0.339 e. The van der Waals surface area contributed by atoms with Crippen LogP contribution in [0.5, 0.6) is 5.75 Å². The first-order valence-electron chi connectivity index (χ1n) is 5.30. The van der Waals surface area contributed by atoms with Crippen LogP contribution in [-0.4, -0.2) is 16.2 Å². The molecule has 1 aromatic rings. The fraction of sp³-hybridized carbons (Fsp3) is 0.417. The van der Waals surface area contributed by atoms with Crippen molar-refractivity contribution in [3.8, 4) is 5.75 Å². The molecule has 2 rings (SSSR count). The molecule has 0 heterocycles. The number of hydrogen-bond acceptors (Lipinski definition) is 2. The molecule has 4 heteroatoms. The predicted molar refractivity (Wildman–Crippen MR) is 64.1 cm³/mol. The molecule has 16 heavy (non-hydrogen) atoms. The van der Waals surface area contributed by atoms with Crippen LogP contribution in [0.25, 0.3) is 0 Å². The zero-order valence-electron chi connectivity index (χ0n) is 9.01. The molecule has 0 unspecified atom stereocenters. The maximum atomic E-state index is 11.1. The molecule has 0 radical (unpaired) electrons. The lowest BCUT2D eigenvalue weighted by Crippen LogP contribution is -2.11. The van der Waals surface area contributed by atoms with Gasteiger partial charge in [0.2, 0.25) is 0 Å². The van der Waals surface area contributed by atoms with E-state index in [0.717, 1.165) is 36.8 Å². The van der Waals surface area contributed by atoms with E-state index in [0.29, 0.717) is 10.0 Å². The van der Waals surface area contributed by atoms with Gasteiger partial charge in [-0.15, -0.1) is 0 Å². The molecule has 0 saturated heterocycles. The molecular weight excluding hydrogens is 272 g/mol. The van der Waals surface area contributed by atoms with Crippen LogP contribution in [0.4, 0.5) is 0 Å². The van der Waals surface area contributed by atoms with Gasteiger partial charge in [0.1, 0.15) is 11.3 Å². The number of phenols is 1. The van der Waals surface area contributed by atoms with Crippen LogP contribution in [-0.2, 0) is 12.8 Å². The van der Waals surface area contributed by atoms with E-state index in [2.05, 4.69) is 15.9 Å². The maximum absolute atomic E-state index is 11.1. The van der Waals surface area contributed by atoms with Crippen molar-refractivity contribution in [2.45, 2.75) is 32.6 Å². The molecule has 0 amide bonds. The van der Waals surface area contributed by atoms with Gasteiger partial charge in [0, 0.05) is 0 Å². The number of fused-ring (bicyclic) bond motifs is 1. The Labute approximate surface area is 102 Å². The van der Waals surface area contributed by atoms with Gasteiger partial charge < -0.3 is 10.2 Å². The summed E-state index contributed by atoms with van der Waals surface area (Å²) in [4.78, 5) is 11.1. The summed E-state index contributed by atoms with van der Waals surface area (Å²) in [5.74, 6) is -1.20. The first-order chi connectivity index (χ1) is 7.54. The first kappa shape index (κ1) is 11.5. The molecule has 0 saturated carbocycles. The van der Waals surface area contributed by atoms with Gasteiger partial charge in [0.15, 0.2) is 0 Å². The molecule has 1 aliphatic carbocycles. The van der Waals surface area contributed by atoms with Crippen molar-refractivity contribution in [3.63, 3.8) is 0 Å². The zero-order valence-corrected chi connectivity index (χ0v) is 10.6. The molecule has 3 nitrogen and oxygen atoms in total. The molecule has 0 spiro atoms. The van der Waals surface area contributed by atoms with Crippen LogP contribution >= 0.6 is 15.9 Å². The van der Waals surface area contributed by atoms with Gasteiger partial charge in [-0.05, 0) is 65.2 Å². The Balaban J connectivity index is 2.75. The van der Waals surface area contributed by atoms with Gasteiger partial charge >= 0.3 is 5.97 Å². The second kappa shape index (κ2) is 4.09. The summed E-state index contributed by atoms with van der Waals surface area (Å²) < 4.78 is 0.560. The van der Waals surface area contributed by atoms with E-state index in [4.69, 9.17) is 5.11 Å². The fourth-order valence-corrected chi connectivity index (χ4v) is 3.04. The molecule has 86 valence electrons.